The summed E-state index contributed by atoms with van der Waals surface area (Å²) in [7, 11) is 2.59. The molecule has 8 rings (SSSR count). The molecule has 1 unspecified atom stereocenters. The lowest BCUT2D eigenvalue weighted by Crippen LogP contribution is -2.53. The highest BCUT2D eigenvalue weighted by molar-refractivity contribution is 6.32. The number of alkyl carbamates (subject to hydrolysis) is 2. The van der Waals surface area contributed by atoms with E-state index in [4.69, 9.17) is 31.0 Å². The molecule has 4 N–H and O–H groups in total. The molecule has 2 aliphatic heterocycles. The number of piperidine rings is 1. The van der Waals surface area contributed by atoms with Crippen molar-refractivity contribution in [1.29, 1.82) is 0 Å². The van der Waals surface area contributed by atoms with Gasteiger partial charge in [0.2, 0.25) is 11.8 Å². The number of likely N-dealkylation sites (tertiary alicyclic amines) is 2. The lowest BCUT2D eigenvalue weighted by Gasteiger charge is -2.33. The zero-order valence-electron chi connectivity index (χ0n) is 36.4. The van der Waals surface area contributed by atoms with Crippen molar-refractivity contribution in [2.75, 3.05) is 14.2 Å². The Balaban J connectivity index is 0.973. The van der Waals surface area contributed by atoms with Gasteiger partial charge in [0.15, 0.2) is 0 Å². The Morgan fingerprint density at radius 3 is 1.87 bits per heavy atom. The molecule has 3 fully saturated rings. The number of carbonyl (C=O) groups is 4. The summed E-state index contributed by atoms with van der Waals surface area (Å²) in [6.07, 6.45) is 3.04. The molecule has 8 atom stereocenters. The molecule has 62 heavy (non-hydrogen) atoms. The number of nitrogens with zero attached hydrogens (tertiary/aromatic N) is 4. The van der Waals surface area contributed by atoms with Gasteiger partial charge in [0, 0.05) is 23.2 Å². The average molecular weight is 863 g/mol. The summed E-state index contributed by atoms with van der Waals surface area (Å²) in [5.74, 6) is 1.45. The van der Waals surface area contributed by atoms with E-state index in [2.05, 4.69) is 76.1 Å². The van der Waals surface area contributed by atoms with Gasteiger partial charge in [-0.15, -0.1) is 0 Å². The van der Waals surface area contributed by atoms with Crippen LogP contribution >= 0.6 is 11.6 Å². The lowest BCUT2D eigenvalue weighted by atomic mass is 9.98. The second-order valence-corrected chi connectivity index (χ2v) is 18.2. The first kappa shape index (κ1) is 42.8. The molecule has 3 aromatic carbocycles. The number of H-pyrrole nitrogens is 2. The van der Waals surface area contributed by atoms with Gasteiger partial charge >= 0.3 is 12.2 Å². The zero-order chi connectivity index (χ0) is 44.1. The number of nitrogens with one attached hydrogen (secondary N) is 4. The maximum Gasteiger partial charge on any atom is 0.407 e. The molecule has 15 heteroatoms. The van der Waals surface area contributed by atoms with Crippen molar-refractivity contribution in [3.8, 4) is 33.6 Å². The molecule has 1 saturated carbocycles. The third-order valence-electron chi connectivity index (χ3n) is 13.1. The van der Waals surface area contributed by atoms with Gasteiger partial charge in [0.05, 0.1) is 38.2 Å². The fourth-order valence-corrected chi connectivity index (χ4v) is 9.59. The molecule has 4 heterocycles. The van der Waals surface area contributed by atoms with Gasteiger partial charge in [-0.25, -0.2) is 19.6 Å². The van der Waals surface area contributed by atoms with Crippen molar-refractivity contribution in [2.24, 2.45) is 23.7 Å². The van der Waals surface area contributed by atoms with Gasteiger partial charge < -0.3 is 39.9 Å². The number of fused-ring (bicyclic) bond motifs is 2. The molecule has 4 amide bonds. The molecule has 0 bridgehead atoms. The minimum atomic E-state index is -0.722. The number of hydrogen-bond donors (Lipinski definition) is 4. The highest BCUT2D eigenvalue weighted by atomic mass is 35.5. The number of benzene rings is 3. The van der Waals surface area contributed by atoms with Crippen molar-refractivity contribution in [1.82, 2.24) is 40.4 Å². The lowest BCUT2D eigenvalue weighted by molar-refractivity contribution is -0.138. The number of ether oxygens (including phenoxy) is 2. The number of carbonyl (C=O) groups excluding carboxylic acids is 4. The van der Waals surface area contributed by atoms with Gasteiger partial charge in [-0.3, -0.25) is 9.59 Å². The molecule has 5 aromatic rings. The van der Waals surface area contributed by atoms with Crippen LogP contribution in [0.15, 0.2) is 66.9 Å². The van der Waals surface area contributed by atoms with Gasteiger partial charge in [-0.2, -0.15) is 0 Å². The second kappa shape index (κ2) is 17.1. The zero-order valence-corrected chi connectivity index (χ0v) is 37.1. The maximum absolute atomic E-state index is 14.0. The summed E-state index contributed by atoms with van der Waals surface area (Å²) < 4.78 is 9.62. The van der Waals surface area contributed by atoms with Crippen LogP contribution in [0.4, 0.5) is 9.59 Å². The molecule has 2 aromatic heterocycles. The predicted molar refractivity (Wildman–Crippen MR) is 237 cm³/mol. The minimum absolute atomic E-state index is 0.0383. The SMILES string of the molecule is COC(=O)N[C@H](C(=O)N1C(C)[C@H](C)C[C@H]1c1ncc(-c2ccc3cc(-c4ccc(-c5nc([C@@H]6C[C@H]7C[C@H]7N6C(=O)[C@@H](NC(=O)OC)C(C)C)[nH]c5Cl)cc4)ccc3c2)[nH]1)C(C)C. The molecule has 14 nitrogen and oxygen atoms in total. The molecule has 0 spiro atoms. The monoisotopic (exact) mass is 862 g/mol. The van der Waals surface area contributed by atoms with E-state index in [1.165, 1.54) is 14.2 Å². The minimum Gasteiger partial charge on any atom is -0.453 e. The van der Waals surface area contributed by atoms with E-state index in [9.17, 15) is 19.2 Å². The molecule has 326 valence electrons. The third kappa shape index (κ3) is 8.12. The van der Waals surface area contributed by atoms with Crippen molar-refractivity contribution < 1.29 is 28.7 Å². The smallest absolute Gasteiger partial charge is 0.407 e. The maximum atomic E-state index is 14.0. The summed E-state index contributed by atoms with van der Waals surface area (Å²) in [5, 5.41) is 8.02. The number of halogens is 1. The Morgan fingerprint density at radius 1 is 0.710 bits per heavy atom. The van der Waals surface area contributed by atoms with E-state index >= 15 is 0 Å². The van der Waals surface area contributed by atoms with Crippen molar-refractivity contribution >= 4 is 46.4 Å². The first-order chi connectivity index (χ1) is 29.7. The number of rotatable bonds is 11. The van der Waals surface area contributed by atoms with Crippen molar-refractivity contribution in [2.45, 2.75) is 97.1 Å². The van der Waals surface area contributed by atoms with E-state index < -0.39 is 24.3 Å². The van der Waals surface area contributed by atoms with Gasteiger partial charge in [0.25, 0.3) is 0 Å². The van der Waals surface area contributed by atoms with Crippen LogP contribution in [0.2, 0.25) is 5.15 Å². The second-order valence-electron chi connectivity index (χ2n) is 17.8. The molecule has 2 saturated heterocycles. The highest BCUT2D eigenvalue weighted by Crippen LogP contribution is 2.54. The van der Waals surface area contributed by atoms with E-state index in [1.54, 1.807) is 0 Å². The van der Waals surface area contributed by atoms with E-state index in [-0.39, 0.29) is 53.7 Å². The summed E-state index contributed by atoms with van der Waals surface area (Å²) in [6.45, 7) is 11.8. The van der Waals surface area contributed by atoms with Gasteiger partial charge in [-0.05, 0) is 83.9 Å². The van der Waals surface area contributed by atoms with Crippen LogP contribution in [0.1, 0.15) is 84.5 Å². The highest BCUT2D eigenvalue weighted by Gasteiger charge is 2.56. The summed E-state index contributed by atoms with van der Waals surface area (Å²) >= 11 is 6.79. The predicted octanol–water partition coefficient (Wildman–Crippen LogP) is 8.66. The van der Waals surface area contributed by atoms with E-state index in [0.717, 1.165) is 58.0 Å². The Hall–Kier alpha value is -5.89. The Morgan fingerprint density at radius 2 is 1.26 bits per heavy atom. The van der Waals surface area contributed by atoms with E-state index in [0.29, 0.717) is 28.4 Å². The Kier molecular flexibility index (Phi) is 11.8. The summed E-state index contributed by atoms with van der Waals surface area (Å²) in [5.41, 5.74) is 5.40. The third-order valence-corrected chi connectivity index (χ3v) is 13.4. The van der Waals surface area contributed by atoms with Crippen molar-refractivity contribution in [3.05, 3.63) is 83.7 Å². The van der Waals surface area contributed by atoms with Crippen LogP contribution in [-0.4, -0.2) is 92.1 Å². The number of amides is 4. The van der Waals surface area contributed by atoms with Crippen molar-refractivity contribution in [3.63, 3.8) is 0 Å². The van der Waals surface area contributed by atoms with Crippen LogP contribution in [-0.2, 0) is 19.1 Å². The van der Waals surface area contributed by atoms with Crippen LogP contribution in [0.25, 0.3) is 44.4 Å². The molecule has 0 radical (unpaired) electrons. The average Bonchev–Trinajstić information content (AvgIpc) is 3.61. The summed E-state index contributed by atoms with van der Waals surface area (Å²) in [4.78, 5) is 72.3. The topological polar surface area (TPSA) is 175 Å². The Labute approximate surface area is 366 Å². The number of hydrogen-bond acceptors (Lipinski definition) is 8. The normalized spacial score (nSPS) is 22.8. The van der Waals surface area contributed by atoms with Crippen LogP contribution < -0.4 is 10.6 Å². The first-order valence-electron chi connectivity index (χ1n) is 21.5. The fourth-order valence-electron chi connectivity index (χ4n) is 9.34. The van der Waals surface area contributed by atoms with Crippen LogP contribution in [0.3, 0.4) is 0 Å². The Bertz CT molecular complexity index is 2500. The number of methoxy groups -OCH3 is 2. The first-order valence-corrected chi connectivity index (χ1v) is 21.8. The molecule has 1 aliphatic carbocycles. The molecular formula is C47H55ClN8O6. The van der Waals surface area contributed by atoms with Gasteiger partial charge in [-0.1, -0.05) is 94.8 Å². The number of aromatic amines is 2. The number of aromatic nitrogens is 4. The molecule has 3 aliphatic rings. The molecular weight excluding hydrogens is 808 g/mol. The van der Waals surface area contributed by atoms with Crippen LogP contribution in [0, 0.1) is 23.7 Å². The van der Waals surface area contributed by atoms with Gasteiger partial charge in [0.1, 0.15) is 34.6 Å². The summed E-state index contributed by atoms with van der Waals surface area (Å²) in [6, 6.07) is 18.9. The standard InChI is InChI=1S/C47H55ClN8O6/c1-23(2)38(52-46(59)61-7)44(57)55-26(6)25(5)17-36(55)42-49-22-34(50-42)32-16-15-30-18-29(13-14-31(30)19-32)27-9-11-28(12-10-27)40-41(48)54-43(51-40)37-21-33-20-35(33)56(37)45(58)39(24(3)4)53-47(60)62-8/h9-16,18-19,22-26,33,35-39H,17,20-21H2,1-8H3,(H,49,50)(H,51,54)(H,52,59)(H,53,60)/t25-,26?,33-,35-,36+,37+,38+,39+/m1/s1. The fraction of sp³-hybridized carbons (Fsp3) is 0.447. The van der Waals surface area contributed by atoms with Crippen LogP contribution in [0.5, 0.6) is 0 Å². The quantitative estimate of drug-likeness (QED) is 0.102. The number of imidazole rings is 2. The largest absolute Gasteiger partial charge is 0.453 e. The van der Waals surface area contributed by atoms with E-state index in [1.807, 2.05) is 62.7 Å².